The number of aromatic nitrogens is 2. The molecule has 13 heavy (non-hydrogen) atoms. The molecule has 0 bridgehead atoms. The highest BCUT2D eigenvalue weighted by molar-refractivity contribution is 5.87. The van der Waals surface area contributed by atoms with Gasteiger partial charge in [-0.1, -0.05) is 0 Å². The van der Waals surface area contributed by atoms with Gasteiger partial charge >= 0.3 is 0 Å². The van der Waals surface area contributed by atoms with Crippen molar-refractivity contribution in [2.45, 2.75) is 32.1 Å². The molecule has 1 saturated carbocycles. The Hall–Kier alpha value is -1.12. The molecule has 1 atom stereocenters. The number of Topliss-reactive ketones (excluding diaryl/α,β-unsaturated/α-hetero) is 1. The number of carbonyl (C=O) groups excluding carboxylic acids is 1. The first-order valence-corrected chi connectivity index (χ1v) is 4.71. The van der Waals surface area contributed by atoms with Gasteiger partial charge < -0.3 is 0 Å². The van der Waals surface area contributed by atoms with E-state index in [2.05, 4.69) is 5.10 Å². The fourth-order valence-corrected chi connectivity index (χ4v) is 2.16. The highest BCUT2D eigenvalue weighted by Crippen LogP contribution is 2.32. The van der Waals surface area contributed by atoms with E-state index >= 15 is 0 Å². The van der Waals surface area contributed by atoms with Crippen LogP contribution in [0.2, 0.25) is 0 Å². The van der Waals surface area contributed by atoms with Crippen LogP contribution in [0.5, 0.6) is 0 Å². The molecule has 0 N–H and O–H groups in total. The van der Waals surface area contributed by atoms with Gasteiger partial charge in [0.15, 0.2) is 0 Å². The summed E-state index contributed by atoms with van der Waals surface area (Å²) in [6, 6.07) is 0. The van der Waals surface area contributed by atoms with E-state index in [9.17, 15) is 4.79 Å². The first-order valence-electron chi connectivity index (χ1n) is 4.71. The van der Waals surface area contributed by atoms with Gasteiger partial charge in [0.25, 0.3) is 0 Å². The molecule has 0 aromatic carbocycles. The highest BCUT2D eigenvalue weighted by Gasteiger charge is 2.29. The molecular formula is C10H14N2O. The van der Waals surface area contributed by atoms with Gasteiger partial charge in [0.05, 0.1) is 17.8 Å². The zero-order chi connectivity index (χ0) is 9.42. The molecule has 1 unspecified atom stereocenters. The van der Waals surface area contributed by atoms with Gasteiger partial charge in [0.1, 0.15) is 5.78 Å². The van der Waals surface area contributed by atoms with E-state index in [0.29, 0.717) is 5.78 Å². The van der Waals surface area contributed by atoms with Crippen LogP contribution in [-0.4, -0.2) is 15.6 Å². The maximum Gasteiger partial charge on any atom is 0.141 e. The van der Waals surface area contributed by atoms with Gasteiger partial charge in [-0.25, -0.2) is 0 Å². The van der Waals surface area contributed by atoms with E-state index in [1.54, 1.807) is 0 Å². The van der Waals surface area contributed by atoms with Crippen LogP contribution in [0.1, 0.15) is 36.4 Å². The minimum atomic E-state index is 0.118. The number of hydrogen-bond acceptors (Lipinski definition) is 2. The first-order chi connectivity index (χ1) is 6.20. The maximum absolute atomic E-state index is 11.5. The third-order valence-electron chi connectivity index (χ3n) is 2.81. The van der Waals surface area contributed by atoms with E-state index < -0.39 is 0 Å². The lowest BCUT2D eigenvalue weighted by Gasteiger charge is -2.09. The third kappa shape index (κ3) is 1.28. The normalized spacial score (nSPS) is 22.6. The van der Waals surface area contributed by atoms with Crippen molar-refractivity contribution in [3.05, 3.63) is 17.5 Å². The summed E-state index contributed by atoms with van der Waals surface area (Å²) in [5, 5.41) is 4.16. The average molecular weight is 178 g/mol. The van der Waals surface area contributed by atoms with Crippen LogP contribution in [-0.2, 0) is 11.8 Å². The number of nitrogens with zero attached hydrogens (tertiary/aromatic N) is 2. The fraction of sp³-hybridized carbons (Fsp3) is 0.600. The summed E-state index contributed by atoms with van der Waals surface area (Å²) in [6.45, 7) is 2.02. The summed E-state index contributed by atoms with van der Waals surface area (Å²) < 4.78 is 1.84. The molecule has 70 valence electrons. The van der Waals surface area contributed by atoms with Gasteiger partial charge in [-0.2, -0.15) is 5.10 Å². The van der Waals surface area contributed by atoms with E-state index in [-0.39, 0.29) is 5.92 Å². The molecule has 3 nitrogen and oxygen atoms in total. The van der Waals surface area contributed by atoms with E-state index in [1.165, 1.54) is 0 Å². The van der Waals surface area contributed by atoms with Gasteiger partial charge in [-0.3, -0.25) is 9.48 Å². The van der Waals surface area contributed by atoms with Crippen molar-refractivity contribution in [2.75, 3.05) is 0 Å². The topological polar surface area (TPSA) is 34.9 Å². The molecule has 0 spiro atoms. The van der Waals surface area contributed by atoms with Gasteiger partial charge in [0.2, 0.25) is 0 Å². The van der Waals surface area contributed by atoms with E-state index in [0.717, 1.165) is 30.5 Å². The van der Waals surface area contributed by atoms with Crippen LogP contribution in [0.3, 0.4) is 0 Å². The Balaban J connectivity index is 2.39. The van der Waals surface area contributed by atoms with Crippen molar-refractivity contribution < 1.29 is 4.79 Å². The van der Waals surface area contributed by atoms with Crippen LogP contribution in [0.25, 0.3) is 0 Å². The monoisotopic (exact) mass is 178 g/mol. The lowest BCUT2D eigenvalue weighted by atomic mass is 10.00. The standard InChI is InChI=1S/C10H14N2O/c1-7-6-11-12(2)10(7)8-4-3-5-9(8)13/h6,8H,3-5H2,1-2H3. The van der Waals surface area contributed by atoms with Crippen molar-refractivity contribution in [3.8, 4) is 0 Å². The molecule has 1 aromatic heterocycles. The zero-order valence-corrected chi connectivity index (χ0v) is 8.08. The Kier molecular flexibility index (Phi) is 1.94. The fourth-order valence-electron chi connectivity index (χ4n) is 2.16. The minimum absolute atomic E-state index is 0.118. The van der Waals surface area contributed by atoms with Crippen LogP contribution >= 0.6 is 0 Å². The average Bonchev–Trinajstić information content (AvgIpc) is 2.60. The predicted molar refractivity (Wildman–Crippen MR) is 49.5 cm³/mol. The minimum Gasteiger partial charge on any atom is -0.299 e. The van der Waals surface area contributed by atoms with Crippen LogP contribution < -0.4 is 0 Å². The third-order valence-corrected chi connectivity index (χ3v) is 2.81. The van der Waals surface area contributed by atoms with Crippen molar-refractivity contribution >= 4 is 5.78 Å². The lowest BCUT2D eigenvalue weighted by Crippen LogP contribution is -2.10. The first kappa shape index (κ1) is 8.48. The number of aryl methyl sites for hydroxylation is 2. The molecule has 0 saturated heterocycles. The second kappa shape index (κ2) is 2.98. The summed E-state index contributed by atoms with van der Waals surface area (Å²) in [5.41, 5.74) is 2.25. The SMILES string of the molecule is Cc1cnn(C)c1C1CCCC1=O. The molecule has 0 amide bonds. The van der Waals surface area contributed by atoms with Crippen molar-refractivity contribution in [3.63, 3.8) is 0 Å². The smallest absolute Gasteiger partial charge is 0.141 e. The summed E-state index contributed by atoms with van der Waals surface area (Å²) in [4.78, 5) is 11.5. The Morgan fingerprint density at radius 2 is 2.38 bits per heavy atom. The lowest BCUT2D eigenvalue weighted by molar-refractivity contribution is -0.118. The Bertz CT molecular complexity index is 321. The molecule has 3 heteroatoms. The predicted octanol–water partition coefficient (Wildman–Crippen LogP) is 1.57. The molecular weight excluding hydrogens is 164 g/mol. The second-order valence-corrected chi connectivity index (χ2v) is 3.75. The number of rotatable bonds is 1. The van der Waals surface area contributed by atoms with Crippen molar-refractivity contribution in [2.24, 2.45) is 7.05 Å². The number of ketones is 1. The molecule has 1 heterocycles. The molecule has 1 aliphatic carbocycles. The van der Waals surface area contributed by atoms with E-state index in [1.807, 2.05) is 24.9 Å². The molecule has 0 aliphatic heterocycles. The Labute approximate surface area is 77.7 Å². The van der Waals surface area contributed by atoms with E-state index in [4.69, 9.17) is 0 Å². The van der Waals surface area contributed by atoms with Crippen LogP contribution in [0.15, 0.2) is 6.20 Å². The molecule has 1 fully saturated rings. The Morgan fingerprint density at radius 3 is 2.85 bits per heavy atom. The number of carbonyl (C=O) groups is 1. The Morgan fingerprint density at radius 1 is 1.62 bits per heavy atom. The molecule has 2 rings (SSSR count). The van der Waals surface area contributed by atoms with Gasteiger partial charge in [-0.05, 0) is 25.3 Å². The van der Waals surface area contributed by atoms with Gasteiger partial charge in [-0.15, -0.1) is 0 Å². The quantitative estimate of drug-likeness (QED) is 0.654. The summed E-state index contributed by atoms with van der Waals surface area (Å²) in [7, 11) is 1.91. The molecule has 1 aromatic rings. The molecule has 1 aliphatic rings. The second-order valence-electron chi connectivity index (χ2n) is 3.75. The summed E-state index contributed by atoms with van der Waals surface area (Å²) >= 11 is 0. The number of hydrogen-bond donors (Lipinski definition) is 0. The zero-order valence-electron chi connectivity index (χ0n) is 8.08. The van der Waals surface area contributed by atoms with Crippen LogP contribution in [0.4, 0.5) is 0 Å². The maximum atomic E-state index is 11.5. The van der Waals surface area contributed by atoms with Crippen LogP contribution in [0, 0.1) is 6.92 Å². The van der Waals surface area contributed by atoms with Crippen molar-refractivity contribution in [1.82, 2.24) is 9.78 Å². The van der Waals surface area contributed by atoms with Gasteiger partial charge in [0, 0.05) is 13.5 Å². The molecule has 0 radical (unpaired) electrons. The van der Waals surface area contributed by atoms with Crippen molar-refractivity contribution in [1.29, 1.82) is 0 Å². The summed E-state index contributed by atoms with van der Waals surface area (Å²) in [6.07, 6.45) is 4.61. The highest BCUT2D eigenvalue weighted by atomic mass is 16.1. The summed E-state index contributed by atoms with van der Waals surface area (Å²) in [5.74, 6) is 0.499. The largest absolute Gasteiger partial charge is 0.299 e.